The second-order valence-corrected chi connectivity index (χ2v) is 4.53. The van der Waals surface area contributed by atoms with E-state index >= 15 is 0 Å². The lowest BCUT2D eigenvalue weighted by atomic mass is 10.1. The van der Waals surface area contributed by atoms with Gasteiger partial charge >= 0.3 is 6.09 Å². The molecule has 0 aromatic carbocycles. The lowest BCUT2D eigenvalue weighted by Crippen LogP contribution is -2.51. The van der Waals surface area contributed by atoms with Crippen LogP contribution in [0.3, 0.4) is 0 Å². The summed E-state index contributed by atoms with van der Waals surface area (Å²) in [6, 6.07) is -0.931. The van der Waals surface area contributed by atoms with Crippen molar-refractivity contribution in [2.45, 2.75) is 51.7 Å². The Kier molecular flexibility index (Phi) is 5.71. The maximum absolute atomic E-state index is 11.4. The zero-order valence-corrected chi connectivity index (χ0v) is 10.4. The highest BCUT2D eigenvalue weighted by Gasteiger charge is 2.27. The molecule has 1 amide bonds. The van der Waals surface area contributed by atoms with Gasteiger partial charge in [0.15, 0.2) is 6.29 Å². The maximum atomic E-state index is 11.4. The van der Waals surface area contributed by atoms with Gasteiger partial charge in [0.2, 0.25) is 0 Å². The van der Waals surface area contributed by atoms with Crippen molar-refractivity contribution in [2.24, 2.45) is 0 Å². The number of hydrogen-bond acceptors (Lipinski definition) is 5. The van der Waals surface area contributed by atoms with Gasteiger partial charge in [-0.15, -0.1) is 0 Å². The van der Waals surface area contributed by atoms with Gasteiger partial charge in [-0.3, -0.25) is 0 Å². The number of alkyl carbamates (subject to hydrolysis) is 1. The van der Waals surface area contributed by atoms with Crippen LogP contribution >= 0.6 is 0 Å². The van der Waals surface area contributed by atoms with Gasteiger partial charge in [0.25, 0.3) is 0 Å². The average Bonchev–Trinajstić information content (AvgIpc) is 2.09. The fourth-order valence-corrected chi connectivity index (χ4v) is 1.02. The SMILES string of the molecule is CO[C@H](C)[C@H](NC(=O)OC(C)(C)C)C(O)O. The third-order valence-corrected chi connectivity index (χ3v) is 1.88. The van der Waals surface area contributed by atoms with Gasteiger partial charge in [-0.05, 0) is 27.7 Å². The molecule has 0 aliphatic heterocycles. The molecule has 6 nitrogen and oxygen atoms in total. The molecule has 0 unspecified atom stereocenters. The van der Waals surface area contributed by atoms with Crippen LogP contribution in [0.4, 0.5) is 4.79 Å². The number of carbonyl (C=O) groups is 1. The smallest absolute Gasteiger partial charge is 0.408 e. The highest BCUT2D eigenvalue weighted by molar-refractivity contribution is 5.68. The zero-order valence-electron chi connectivity index (χ0n) is 10.4. The second kappa shape index (κ2) is 6.03. The van der Waals surface area contributed by atoms with Crippen LogP contribution in [0.5, 0.6) is 0 Å². The van der Waals surface area contributed by atoms with Crippen molar-refractivity contribution in [1.82, 2.24) is 5.32 Å². The van der Waals surface area contributed by atoms with Gasteiger partial charge in [0, 0.05) is 7.11 Å². The largest absolute Gasteiger partial charge is 0.444 e. The standard InChI is InChI=1S/C10H21NO5/c1-6(15-5)7(8(12)13)11-9(14)16-10(2,3)4/h6-8,12-13H,1-5H3,(H,11,14)/t6-,7+/m1/s1. The van der Waals surface area contributed by atoms with Gasteiger partial charge in [0.1, 0.15) is 11.6 Å². The molecular formula is C10H21NO5. The van der Waals surface area contributed by atoms with E-state index in [9.17, 15) is 4.79 Å². The molecule has 0 aliphatic carbocycles. The lowest BCUT2D eigenvalue weighted by molar-refractivity contribution is -0.1000. The highest BCUT2D eigenvalue weighted by atomic mass is 16.6. The van der Waals surface area contributed by atoms with Crippen molar-refractivity contribution >= 4 is 6.09 Å². The van der Waals surface area contributed by atoms with Crippen LogP contribution in [0, 0.1) is 0 Å². The van der Waals surface area contributed by atoms with E-state index in [0.717, 1.165) is 0 Å². The first-order chi connectivity index (χ1) is 7.17. The zero-order chi connectivity index (χ0) is 12.9. The predicted octanol–water partition coefficient (Wildman–Crippen LogP) is 0.225. The van der Waals surface area contributed by atoms with Gasteiger partial charge in [0.05, 0.1) is 6.10 Å². The van der Waals surface area contributed by atoms with Crippen molar-refractivity contribution in [3.8, 4) is 0 Å². The average molecular weight is 235 g/mol. The Hall–Kier alpha value is -0.850. The van der Waals surface area contributed by atoms with E-state index in [0.29, 0.717) is 0 Å². The minimum absolute atomic E-state index is 0.535. The first kappa shape index (κ1) is 15.2. The monoisotopic (exact) mass is 235 g/mol. The number of nitrogens with one attached hydrogen (secondary N) is 1. The molecule has 2 atom stereocenters. The molecule has 0 heterocycles. The predicted molar refractivity (Wildman–Crippen MR) is 57.9 cm³/mol. The molecule has 0 aliphatic rings. The first-order valence-electron chi connectivity index (χ1n) is 5.06. The molecule has 96 valence electrons. The molecule has 0 saturated carbocycles. The number of amides is 1. The van der Waals surface area contributed by atoms with E-state index < -0.39 is 30.1 Å². The summed E-state index contributed by atoms with van der Waals surface area (Å²) in [4.78, 5) is 11.4. The minimum Gasteiger partial charge on any atom is -0.444 e. The summed E-state index contributed by atoms with van der Waals surface area (Å²) < 4.78 is 9.90. The van der Waals surface area contributed by atoms with Crippen LogP contribution < -0.4 is 5.32 Å². The Morgan fingerprint density at radius 1 is 1.31 bits per heavy atom. The molecule has 0 saturated heterocycles. The Morgan fingerprint density at radius 3 is 2.12 bits per heavy atom. The molecule has 0 aromatic heterocycles. The Bertz CT molecular complexity index is 224. The number of aliphatic hydroxyl groups excluding tert-OH is 1. The number of methoxy groups -OCH3 is 1. The summed E-state index contributed by atoms with van der Waals surface area (Å²) in [5.74, 6) is 0. The van der Waals surface area contributed by atoms with Gasteiger partial charge in [-0.1, -0.05) is 0 Å². The van der Waals surface area contributed by atoms with Crippen LogP contribution in [0.25, 0.3) is 0 Å². The summed E-state index contributed by atoms with van der Waals surface area (Å²) in [6.07, 6.45) is -2.95. The van der Waals surface area contributed by atoms with E-state index in [1.165, 1.54) is 7.11 Å². The summed E-state index contributed by atoms with van der Waals surface area (Å²) in [5, 5.41) is 20.5. The van der Waals surface area contributed by atoms with Gasteiger partial charge in [-0.2, -0.15) is 0 Å². The quantitative estimate of drug-likeness (QED) is 0.607. The molecule has 16 heavy (non-hydrogen) atoms. The minimum atomic E-state index is -1.71. The summed E-state index contributed by atoms with van der Waals surface area (Å²) in [7, 11) is 1.41. The van der Waals surface area contributed by atoms with Crippen molar-refractivity contribution in [3.05, 3.63) is 0 Å². The van der Waals surface area contributed by atoms with Crippen LogP contribution in [0.2, 0.25) is 0 Å². The summed E-state index contributed by atoms with van der Waals surface area (Å²) >= 11 is 0. The third-order valence-electron chi connectivity index (χ3n) is 1.88. The van der Waals surface area contributed by atoms with Crippen molar-refractivity contribution in [2.75, 3.05) is 7.11 Å². The first-order valence-corrected chi connectivity index (χ1v) is 5.06. The Balaban J connectivity index is 4.36. The summed E-state index contributed by atoms with van der Waals surface area (Å²) in [6.45, 7) is 6.77. The highest BCUT2D eigenvalue weighted by Crippen LogP contribution is 2.08. The van der Waals surface area contributed by atoms with Gasteiger partial charge < -0.3 is 25.0 Å². The van der Waals surface area contributed by atoms with Crippen LogP contribution in [-0.4, -0.2) is 47.5 Å². The molecule has 0 bridgehead atoms. The Labute approximate surface area is 95.6 Å². The second-order valence-electron chi connectivity index (χ2n) is 4.53. The summed E-state index contributed by atoms with van der Waals surface area (Å²) in [5.41, 5.74) is -0.634. The van der Waals surface area contributed by atoms with Crippen molar-refractivity contribution in [1.29, 1.82) is 0 Å². The van der Waals surface area contributed by atoms with Crippen LogP contribution in [0.15, 0.2) is 0 Å². The molecule has 0 spiro atoms. The van der Waals surface area contributed by atoms with Crippen LogP contribution in [0.1, 0.15) is 27.7 Å². The van der Waals surface area contributed by atoms with E-state index in [-0.39, 0.29) is 0 Å². The number of rotatable bonds is 4. The number of aliphatic hydroxyl groups is 2. The third kappa shape index (κ3) is 5.89. The number of ether oxygens (including phenoxy) is 2. The molecule has 3 N–H and O–H groups in total. The molecular weight excluding hydrogens is 214 g/mol. The van der Waals surface area contributed by atoms with E-state index in [4.69, 9.17) is 19.7 Å². The van der Waals surface area contributed by atoms with E-state index in [1.54, 1.807) is 27.7 Å². The fourth-order valence-electron chi connectivity index (χ4n) is 1.02. The van der Waals surface area contributed by atoms with E-state index in [2.05, 4.69) is 5.32 Å². The normalized spacial score (nSPS) is 15.8. The van der Waals surface area contributed by atoms with E-state index in [1.807, 2.05) is 0 Å². The Morgan fingerprint density at radius 2 is 1.81 bits per heavy atom. The molecule has 0 fully saturated rings. The molecule has 6 heteroatoms. The van der Waals surface area contributed by atoms with Crippen molar-refractivity contribution in [3.63, 3.8) is 0 Å². The van der Waals surface area contributed by atoms with Gasteiger partial charge in [-0.25, -0.2) is 4.79 Å². The molecule has 0 aromatic rings. The molecule has 0 radical (unpaired) electrons. The number of carbonyl (C=O) groups excluding carboxylic acids is 1. The topological polar surface area (TPSA) is 88.0 Å². The van der Waals surface area contributed by atoms with Crippen LogP contribution in [-0.2, 0) is 9.47 Å². The fraction of sp³-hybridized carbons (Fsp3) is 0.900. The maximum Gasteiger partial charge on any atom is 0.408 e. The number of hydrogen-bond donors (Lipinski definition) is 3. The molecule has 0 rings (SSSR count). The van der Waals surface area contributed by atoms with Crippen molar-refractivity contribution < 1.29 is 24.5 Å². The lowest BCUT2D eigenvalue weighted by Gasteiger charge is -2.27.